The molecule has 1 heterocycles. The first-order valence-electron chi connectivity index (χ1n) is 8.48. The van der Waals surface area contributed by atoms with Crippen LogP contribution in [-0.4, -0.2) is 30.1 Å². The molecule has 0 aliphatic heterocycles. The summed E-state index contributed by atoms with van der Waals surface area (Å²) >= 11 is 5.98. The van der Waals surface area contributed by atoms with Gasteiger partial charge in [0.25, 0.3) is 0 Å². The number of carbonyl (C=O) groups excluding carboxylic acids is 2. The Bertz CT molecular complexity index is 786. The highest BCUT2D eigenvalue weighted by Gasteiger charge is 2.25. The van der Waals surface area contributed by atoms with E-state index in [1.165, 1.54) is 0 Å². The van der Waals surface area contributed by atoms with Gasteiger partial charge >= 0.3 is 11.9 Å². The Kier molecular flexibility index (Phi) is 7.24. The Labute approximate surface area is 157 Å². The normalized spacial score (nSPS) is 10.6. The standard InChI is InChI=1S/C19H23ClN2O4/c1-4-25-18(23)16-12(3)17(19(24)26-5-2)22-15(16)11-21-10-13-7-6-8-14(20)9-13/h6-9,21-22H,4-5,10-11H2,1-3H3. The van der Waals surface area contributed by atoms with Crippen molar-refractivity contribution in [1.82, 2.24) is 10.3 Å². The molecule has 7 heteroatoms. The van der Waals surface area contributed by atoms with E-state index in [0.717, 1.165) is 5.56 Å². The highest BCUT2D eigenvalue weighted by Crippen LogP contribution is 2.21. The first-order valence-corrected chi connectivity index (χ1v) is 8.86. The maximum atomic E-state index is 12.3. The lowest BCUT2D eigenvalue weighted by atomic mass is 10.1. The van der Waals surface area contributed by atoms with Crippen molar-refractivity contribution < 1.29 is 19.1 Å². The summed E-state index contributed by atoms with van der Waals surface area (Å²) in [7, 11) is 0. The molecule has 2 aromatic rings. The molecule has 1 aromatic carbocycles. The van der Waals surface area contributed by atoms with Gasteiger partial charge in [-0.15, -0.1) is 0 Å². The first kappa shape index (κ1) is 20.0. The molecule has 0 bridgehead atoms. The number of ether oxygens (including phenoxy) is 2. The van der Waals surface area contributed by atoms with Crippen LogP contribution >= 0.6 is 11.6 Å². The lowest BCUT2D eigenvalue weighted by Crippen LogP contribution is -2.16. The molecule has 0 aliphatic carbocycles. The van der Waals surface area contributed by atoms with Gasteiger partial charge in [-0.25, -0.2) is 9.59 Å². The summed E-state index contributed by atoms with van der Waals surface area (Å²) < 4.78 is 10.2. The molecule has 1 aromatic heterocycles. The minimum Gasteiger partial charge on any atom is -0.462 e. The van der Waals surface area contributed by atoms with Gasteiger partial charge in [0, 0.05) is 23.8 Å². The van der Waals surface area contributed by atoms with Gasteiger partial charge in [0.15, 0.2) is 0 Å². The van der Waals surface area contributed by atoms with Gasteiger partial charge in [-0.2, -0.15) is 0 Å². The molecule has 0 saturated carbocycles. The van der Waals surface area contributed by atoms with Crippen molar-refractivity contribution in [2.75, 3.05) is 13.2 Å². The van der Waals surface area contributed by atoms with Crippen LogP contribution in [-0.2, 0) is 22.6 Å². The lowest BCUT2D eigenvalue weighted by Gasteiger charge is -2.07. The molecule has 0 saturated heterocycles. The van der Waals surface area contributed by atoms with Crippen molar-refractivity contribution in [3.8, 4) is 0 Å². The van der Waals surface area contributed by atoms with Crippen molar-refractivity contribution in [1.29, 1.82) is 0 Å². The summed E-state index contributed by atoms with van der Waals surface area (Å²) in [5, 5.41) is 3.91. The molecule has 26 heavy (non-hydrogen) atoms. The Morgan fingerprint density at radius 1 is 1.12 bits per heavy atom. The number of halogens is 1. The predicted molar refractivity (Wildman–Crippen MR) is 99.4 cm³/mol. The Morgan fingerprint density at radius 3 is 2.46 bits per heavy atom. The molecule has 0 aliphatic rings. The number of hydrogen-bond donors (Lipinski definition) is 2. The third-order valence-corrected chi connectivity index (χ3v) is 4.04. The van der Waals surface area contributed by atoms with Crippen molar-refractivity contribution in [2.24, 2.45) is 0 Å². The zero-order chi connectivity index (χ0) is 19.1. The van der Waals surface area contributed by atoms with Crippen LogP contribution in [0.4, 0.5) is 0 Å². The number of nitrogens with one attached hydrogen (secondary N) is 2. The van der Waals surface area contributed by atoms with E-state index in [1.54, 1.807) is 20.8 Å². The maximum Gasteiger partial charge on any atom is 0.355 e. The molecule has 2 N–H and O–H groups in total. The van der Waals surface area contributed by atoms with Crippen molar-refractivity contribution in [2.45, 2.75) is 33.9 Å². The predicted octanol–water partition coefficient (Wildman–Crippen LogP) is 3.62. The fourth-order valence-corrected chi connectivity index (χ4v) is 2.87. The lowest BCUT2D eigenvalue weighted by molar-refractivity contribution is 0.0517. The van der Waals surface area contributed by atoms with Gasteiger partial charge < -0.3 is 19.8 Å². The van der Waals surface area contributed by atoms with E-state index in [2.05, 4.69) is 10.3 Å². The number of esters is 2. The molecular formula is C19H23ClN2O4. The first-order chi connectivity index (χ1) is 12.5. The Morgan fingerprint density at radius 2 is 1.81 bits per heavy atom. The third-order valence-electron chi connectivity index (χ3n) is 3.81. The summed E-state index contributed by atoms with van der Waals surface area (Å²) in [4.78, 5) is 27.4. The van der Waals surface area contributed by atoms with Crippen LogP contribution in [0.25, 0.3) is 0 Å². The van der Waals surface area contributed by atoms with E-state index in [9.17, 15) is 9.59 Å². The topological polar surface area (TPSA) is 80.4 Å². The molecule has 0 amide bonds. The van der Waals surface area contributed by atoms with Gasteiger partial charge in [0.2, 0.25) is 0 Å². The quantitative estimate of drug-likeness (QED) is 0.686. The summed E-state index contributed by atoms with van der Waals surface area (Å²) in [5.74, 6) is -0.951. The second kappa shape index (κ2) is 9.40. The molecule has 0 spiro atoms. The highest BCUT2D eigenvalue weighted by molar-refractivity contribution is 6.30. The number of rotatable bonds is 8. The second-order valence-corrected chi connectivity index (χ2v) is 6.09. The molecular weight excluding hydrogens is 356 g/mol. The van der Waals surface area contributed by atoms with Gasteiger partial charge in [-0.1, -0.05) is 23.7 Å². The van der Waals surface area contributed by atoms with Gasteiger partial charge in [0.1, 0.15) is 5.69 Å². The average Bonchev–Trinajstić information content (AvgIpc) is 2.92. The van der Waals surface area contributed by atoms with Crippen molar-refractivity contribution in [3.05, 3.63) is 57.4 Å². The van der Waals surface area contributed by atoms with Gasteiger partial charge in [0.05, 0.1) is 18.8 Å². The number of carbonyl (C=O) groups is 2. The van der Waals surface area contributed by atoms with Gasteiger partial charge in [-0.05, 0) is 44.0 Å². The third kappa shape index (κ3) is 4.86. The van der Waals surface area contributed by atoms with Crippen LogP contribution < -0.4 is 5.32 Å². The molecule has 0 atom stereocenters. The van der Waals surface area contributed by atoms with Crippen LogP contribution in [0.3, 0.4) is 0 Å². The highest BCUT2D eigenvalue weighted by atomic mass is 35.5. The number of H-pyrrole nitrogens is 1. The summed E-state index contributed by atoms with van der Waals surface area (Å²) in [5.41, 5.74) is 2.78. The number of aromatic amines is 1. The largest absolute Gasteiger partial charge is 0.462 e. The molecule has 0 fully saturated rings. The average molecular weight is 379 g/mol. The van der Waals surface area contributed by atoms with Crippen LogP contribution in [0.1, 0.15) is 51.5 Å². The zero-order valence-electron chi connectivity index (χ0n) is 15.1. The van der Waals surface area contributed by atoms with E-state index >= 15 is 0 Å². The second-order valence-electron chi connectivity index (χ2n) is 5.65. The fraction of sp³-hybridized carbons (Fsp3) is 0.368. The SMILES string of the molecule is CCOC(=O)c1[nH]c(CNCc2cccc(Cl)c2)c(C(=O)OCC)c1C. The molecule has 2 rings (SSSR count). The van der Waals surface area contributed by atoms with Crippen LogP contribution in [0.15, 0.2) is 24.3 Å². The number of aromatic nitrogens is 1. The van der Waals surface area contributed by atoms with Gasteiger partial charge in [-0.3, -0.25) is 0 Å². The van der Waals surface area contributed by atoms with E-state index in [4.69, 9.17) is 21.1 Å². The van der Waals surface area contributed by atoms with E-state index in [0.29, 0.717) is 34.9 Å². The van der Waals surface area contributed by atoms with Crippen molar-refractivity contribution in [3.63, 3.8) is 0 Å². The Balaban J connectivity index is 2.20. The summed E-state index contributed by atoms with van der Waals surface area (Å²) in [6, 6.07) is 7.50. The summed E-state index contributed by atoms with van der Waals surface area (Å²) in [6.45, 7) is 6.62. The number of hydrogen-bond acceptors (Lipinski definition) is 5. The monoisotopic (exact) mass is 378 g/mol. The molecule has 0 unspecified atom stereocenters. The number of benzene rings is 1. The fourth-order valence-electron chi connectivity index (χ4n) is 2.66. The Hall–Kier alpha value is -2.31. The molecule has 6 nitrogen and oxygen atoms in total. The van der Waals surface area contributed by atoms with Crippen molar-refractivity contribution >= 4 is 23.5 Å². The van der Waals surface area contributed by atoms with E-state index in [1.807, 2.05) is 24.3 Å². The zero-order valence-corrected chi connectivity index (χ0v) is 15.9. The molecule has 140 valence electrons. The molecule has 0 radical (unpaired) electrons. The van der Waals surface area contributed by atoms with Crippen LogP contribution in [0.2, 0.25) is 5.02 Å². The maximum absolute atomic E-state index is 12.3. The van der Waals surface area contributed by atoms with Crippen LogP contribution in [0.5, 0.6) is 0 Å². The minimum atomic E-state index is -0.489. The van der Waals surface area contributed by atoms with E-state index in [-0.39, 0.29) is 18.9 Å². The van der Waals surface area contributed by atoms with E-state index < -0.39 is 11.9 Å². The van der Waals surface area contributed by atoms with Crippen LogP contribution in [0, 0.1) is 6.92 Å². The smallest absolute Gasteiger partial charge is 0.355 e. The summed E-state index contributed by atoms with van der Waals surface area (Å²) in [6.07, 6.45) is 0. The minimum absolute atomic E-state index is 0.258.